The van der Waals surface area contributed by atoms with Gasteiger partial charge in [0, 0.05) is 49.4 Å². The molecule has 0 amide bonds. The van der Waals surface area contributed by atoms with Crippen molar-refractivity contribution in [3.8, 4) is 6.01 Å². The van der Waals surface area contributed by atoms with Crippen molar-refractivity contribution in [2.45, 2.75) is 44.7 Å². The molecule has 1 atom stereocenters. The van der Waals surface area contributed by atoms with Crippen LogP contribution in [0.2, 0.25) is 0 Å². The number of hydrogen-bond acceptors (Lipinski definition) is 7. The smallest absolute Gasteiger partial charge is 0.416 e. The van der Waals surface area contributed by atoms with Crippen molar-refractivity contribution in [2.24, 2.45) is 7.05 Å². The summed E-state index contributed by atoms with van der Waals surface area (Å²) >= 11 is 0. The second-order valence-electron chi connectivity index (χ2n) is 8.69. The minimum Gasteiger partial charge on any atom is -0.467 e. The number of nitrogens with two attached hydrogens (primary N) is 1. The summed E-state index contributed by atoms with van der Waals surface area (Å²) in [6, 6.07) is 1.77. The third kappa shape index (κ3) is 4.26. The predicted octanol–water partition coefficient (Wildman–Crippen LogP) is 3.73. The fraction of sp³-hybridized carbons (Fsp3) is 0.435. The predicted molar refractivity (Wildman–Crippen MR) is 118 cm³/mol. The molecule has 0 aliphatic carbocycles. The van der Waals surface area contributed by atoms with E-state index in [-0.39, 0.29) is 24.7 Å². The van der Waals surface area contributed by atoms with Gasteiger partial charge in [-0.05, 0) is 25.0 Å². The Bertz CT molecular complexity index is 1280. The van der Waals surface area contributed by atoms with Gasteiger partial charge in [-0.3, -0.25) is 4.68 Å². The van der Waals surface area contributed by atoms with Crippen LogP contribution in [0.15, 0.2) is 18.3 Å². The second-order valence-corrected chi connectivity index (χ2v) is 8.69. The van der Waals surface area contributed by atoms with Crippen molar-refractivity contribution in [3.05, 3.63) is 57.8 Å². The van der Waals surface area contributed by atoms with E-state index in [1.165, 1.54) is 7.11 Å². The molecule has 1 aromatic carbocycles. The second kappa shape index (κ2) is 8.67. The molecule has 8 nitrogen and oxygen atoms in total. The van der Waals surface area contributed by atoms with Crippen molar-refractivity contribution < 1.29 is 27.0 Å². The van der Waals surface area contributed by atoms with Crippen LogP contribution in [0.25, 0.3) is 0 Å². The molecule has 2 N–H and O–H groups in total. The maximum Gasteiger partial charge on any atom is 0.416 e. The zero-order valence-electron chi connectivity index (χ0n) is 19.2. The molecule has 5 rings (SSSR count). The monoisotopic (exact) mass is 492 g/mol. The first kappa shape index (κ1) is 23.3. The SMILES string of the molecule is COc1nc2c(c(N3CCCc4nn(C)cc4C3)n1)COC(c1c(C(F)(F)F)ccc(N)c1F)C2. The number of aromatic nitrogens is 4. The van der Waals surface area contributed by atoms with Crippen molar-refractivity contribution in [1.29, 1.82) is 0 Å². The number of anilines is 2. The third-order valence-corrected chi connectivity index (χ3v) is 6.37. The first-order chi connectivity index (χ1) is 16.7. The van der Waals surface area contributed by atoms with Gasteiger partial charge in [0.2, 0.25) is 0 Å². The van der Waals surface area contributed by atoms with E-state index in [0.717, 1.165) is 36.2 Å². The fourth-order valence-electron chi connectivity index (χ4n) is 4.77. The number of halogens is 4. The van der Waals surface area contributed by atoms with Crippen LogP contribution >= 0.6 is 0 Å². The molecule has 3 aromatic rings. The van der Waals surface area contributed by atoms with Gasteiger partial charge in [-0.2, -0.15) is 28.2 Å². The van der Waals surface area contributed by atoms with Crippen LogP contribution in [0.3, 0.4) is 0 Å². The molecule has 35 heavy (non-hydrogen) atoms. The topological polar surface area (TPSA) is 91.3 Å². The van der Waals surface area contributed by atoms with Crippen LogP contribution in [-0.4, -0.2) is 33.4 Å². The van der Waals surface area contributed by atoms with Crippen molar-refractivity contribution in [1.82, 2.24) is 19.7 Å². The number of benzene rings is 1. The Hall–Kier alpha value is -3.41. The minimum atomic E-state index is -4.77. The Kier molecular flexibility index (Phi) is 5.78. The van der Waals surface area contributed by atoms with E-state index in [1.54, 1.807) is 4.68 Å². The van der Waals surface area contributed by atoms with E-state index in [9.17, 15) is 17.6 Å². The number of nitrogens with zero attached hydrogens (tertiary/aromatic N) is 5. The molecule has 0 fully saturated rings. The molecule has 12 heteroatoms. The van der Waals surface area contributed by atoms with Gasteiger partial charge in [0.15, 0.2) is 5.82 Å². The summed E-state index contributed by atoms with van der Waals surface area (Å²) in [6.45, 7) is 1.17. The molecule has 1 unspecified atom stereocenters. The molecule has 2 aromatic heterocycles. The Labute approximate surface area is 198 Å². The number of methoxy groups -OCH3 is 1. The average Bonchev–Trinajstić information content (AvgIpc) is 3.05. The lowest BCUT2D eigenvalue weighted by Crippen LogP contribution is -2.29. The number of nitrogen functional groups attached to an aromatic ring is 1. The van der Waals surface area contributed by atoms with E-state index in [1.807, 2.05) is 13.2 Å². The molecule has 0 saturated carbocycles. The summed E-state index contributed by atoms with van der Waals surface area (Å²) in [5, 5.41) is 4.52. The molecule has 4 heterocycles. The number of rotatable bonds is 3. The minimum absolute atomic E-state index is 0.0821. The van der Waals surface area contributed by atoms with Gasteiger partial charge >= 0.3 is 12.2 Å². The average molecular weight is 492 g/mol. The zero-order chi connectivity index (χ0) is 24.9. The Morgan fingerprint density at radius 3 is 2.74 bits per heavy atom. The Morgan fingerprint density at radius 2 is 2.00 bits per heavy atom. The molecule has 0 radical (unpaired) electrons. The number of ether oxygens (including phenoxy) is 2. The number of aryl methyl sites for hydroxylation is 2. The maximum atomic E-state index is 14.9. The van der Waals surface area contributed by atoms with Gasteiger partial charge in [0.1, 0.15) is 5.82 Å². The summed E-state index contributed by atoms with van der Waals surface area (Å²) in [7, 11) is 3.29. The standard InChI is InChI=1S/C23H24F4N6O2/c1-32-9-12-10-33(7-3-4-16(12)31-32)21-13-11-35-18(8-17(13)29-22(30-21)34-2)19-14(23(25,26)27)5-6-15(28)20(19)24/h5-6,9,18H,3-4,7-8,10-11,28H2,1-2H3. The van der Waals surface area contributed by atoms with Crippen LogP contribution < -0.4 is 15.4 Å². The van der Waals surface area contributed by atoms with Gasteiger partial charge < -0.3 is 20.1 Å². The van der Waals surface area contributed by atoms with Crippen molar-refractivity contribution >= 4 is 11.5 Å². The van der Waals surface area contributed by atoms with E-state index in [0.29, 0.717) is 30.2 Å². The summed E-state index contributed by atoms with van der Waals surface area (Å²) in [4.78, 5) is 11.0. The van der Waals surface area contributed by atoms with E-state index in [2.05, 4.69) is 20.0 Å². The lowest BCUT2D eigenvalue weighted by molar-refractivity contribution is -0.140. The zero-order valence-corrected chi connectivity index (χ0v) is 19.2. The van der Waals surface area contributed by atoms with Crippen molar-refractivity contribution in [3.63, 3.8) is 0 Å². The molecular weight excluding hydrogens is 468 g/mol. The third-order valence-electron chi connectivity index (χ3n) is 6.37. The summed E-state index contributed by atoms with van der Waals surface area (Å²) < 4.78 is 68.8. The highest BCUT2D eigenvalue weighted by atomic mass is 19.4. The van der Waals surface area contributed by atoms with Crippen LogP contribution in [0, 0.1) is 5.82 Å². The molecule has 0 bridgehead atoms. The van der Waals surface area contributed by atoms with Gasteiger partial charge in [-0.25, -0.2) is 4.39 Å². The first-order valence-electron chi connectivity index (χ1n) is 11.1. The van der Waals surface area contributed by atoms with Crippen LogP contribution in [0.5, 0.6) is 6.01 Å². The van der Waals surface area contributed by atoms with Gasteiger partial charge in [-0.1, -0.05) is 0 Å². The molecule has 0 spiro atoms. The number of hydrogen-bond donors (Lipinski definition) is 1. The molecular formula is C23H24F4N6O2. The lowest BCUT2D eigenvalue weighted by Gasteiger charge is -2.31. The van der Waals surface area contributed by atoms with Crippen LogP contribution in [0.1, 0.15) is 46.2 Å². The van der Waals surface area contributed by atoms with Gasteiger partial charge in [0.25, 0.3) is 0 Å². The van der Waals surface area contributed by atoms with Crippen LogP contribution in [-0.2, 0) is 44.0 Å². The first-order valence-corrected chi connectivity index (χ1v) is 11.1. The summed E-state index contributed by atoms with van der Waals surface area (Å²) in [5.41, 5.74) is 6.69. The van der Waals surface area contributed by atoms with E-state index >= 15 is 0 Å². The Balaban J connectivity index is 1.54. The van der Waals surface area contributed by atoms with Gasteiger partial charge in [0.05, 0.1) is 42.5 Å². The van der Waals surface area contributed by atoms with Crippen LogP contribution in [0.4, 0.5) is 29.1 Å². The highest BCUT2D eigenvalue weighted by Crippen LogP contribution is 2.43. The molecule has 0 saturated heterocycles. The molecule has 2 aliphatic rings. The van der Waals surface area contributed by atoms with E-state index < -0.39 is 29.2 Å². The van der Waals surface area contributed by atoms with E-state index in [4.69, 9.17) is 15.2 Å². The normalized spacial score (nSPS) is 18.1. The number of fused-ring (bicyclic) bond motifs is 2. The molecule has 186 valence electrons. The van der Waals surface area contributed by atoms with Gasteiger partial charge in [-0.15, -0.1) is 0 Å². The largest absolute Gasteiger partial charge is 0.467 e. The summed E-state index contributed by atoms with van der Waals surface area (Å²) in [5.74, 6) is -0.544. The van der Waals surface area contributed by atoms with Crippen molar-refractivity contribution in [2.75, 3.05) is 24.3 Å². The highest BCUT2D eigenvalue weighted by molar-refractivity contribution is 5.53. The fourth-order valence-corrected chi connectivity index (χ4v) is 4.77. The summed E-state index contributed by atoms with van der Waals surface area (Å²) in [6.07, 6.45) is -2.44. The Morgan fingerprint density at radius 1 is 1.20 bits per heavy atom. The quantitative estimate of drug-likeness (QED) is 0.440. The highest BCUT2D eigenvalue weighted by Gasteiger charge is 2.40. The maximum absolute atomic E-state index is 14.9. The molecule has 2 aliphatic heterocycles. The lowest BCUT2D eigenvalue weighted by atomic mass is 9.94. The number of alkyl halides is 3.